The van der Waals surface area contributed by atoms with Crippen LogP contribution >= 0.6 is 0 Å². The minimum atomic E-state index is 1.12. The number of rotatable bonds is 0. The van der Waals surface area contributed by atoms with Crippen LogP contribution in [0.25, 0.3) is 0 Å². The Hall–Kier alpha value is 0. The molecule has 0 amide bonds. The summed E-state index contributed by atoms with van der Waals surface area (Å²) in [5.74, 6) is 2.24. The molecule has 0 aromatic heterocycles. The van der Waals surface area contributed by atoms with E-state index < -0.39 is 0 Å². The van der Waals surface area contributed by atoms with E-state index in [-0.39, 0.29) is 0 Å². The Kier molecular flexibility index (Phi) is 2.50. The van der Waals surface area contributed by atoms with E-state index in [1.165, 1.54) is 19.3 Å². The summed E-state index contributed by atoms with van der Waals surface area (Å²) >= 11 is 0. The zero-order chi connectivity index (χ0) is 7.52. The standard InChI is InChI=1S/C11H20/c1-4-10-6-2-7-11(5-1)9-3-8-10/h10-11H,1-9H2. The molecule has 0 saturated heterocycles. The predicted molar refractivity (Wildman–Crippen MR) is 48.5 cm³/mol. The maximum absolute atomic E-state index is 1.55. The van der Waals surface area contributed by atoms with Gasteiger partial charge in [-0.1, -0.05) is 57.8 Å². The van der Waals surface area contributed by atoms with Crippen LogP contribution in [0.3, 0.4) is 0 Å². The third-order valence-corrected chi connectivity index (χ3v) is 3.67. The zero-order valence-electron chi connectivity index (χ0n) is 7.52. The Bertz CT molecular complexity index is 81.4. The molecule has 0 aromatic carbocycles. The van der Waals surface area contributed by atoms with Crippen LogP contribution in [0.1, 0.15) is 57.8 Å². The first-order valence-corrected chi connectivity index (χ1v) is 5.45. The summed E-state index contributed by atoms with van der Waals surface area (Å²) in [6.07, 6.45) is 13.9. The summed E-state index contributed by atoms with van der Waals surface area (Å²) in [5.41, 5.74) is 0. The molecule has 64 valence electrons. The summed E-state index contributed by atoms with van der Waals surface area (Å²) in [6, 6.07) is 0. The molecular formula is C11H20. The minimum Gasteiger partial charge on any atom is -0.0528 e. The average Bonchev–Trinajstić information content (AvgIpc) is 1.80. The third-order valence-electron chi connectivity index (χ3n) is 3.67. The van der Waals surface area contributed by atoms with Crippen molar-refractivity contribution in [2.45, 2.75) is 57.8 Å². The van der Waals surface area contributed by atoms with Crippen LogP contribution in [0, 0.1) is 11.8 Å². The molecule has 0 radical (unpaired) electrons. The van der Waals surface area contributed by atoms with Crippen molar-refractivity contribution in [1.29, 1.82) is 0 Å². The van der Waals surface area contributed by atoms with Crippen molar-refractivity contribution in [2.24, 2.45) is 11.8 Å². The molecule has 2 bridgehead atoms. The first-order chi connectivity index (χ1) is 5.45. The summed E-state index contributed by atoms with van der Waals surface area (Å²) in [7, 11) is 0. The van der Waals surface area contributed by atoms with Crippen molar-refractivity contribution < 1.29 is 0 Å². The second-order valence-electron chi connectivity index (χ2n) is 4.52. The van der Waals surface area contributed by atoms with E-state index in [4.69, 9.17) is 0 Å². The largest absolute Gasteiger partial charge is 0.0528 e. The average molecular weight is 152 g/mol. The Morgan fingerprint density at radius 3 is 1.00 bits per heavy atom. The second-order valence-corrected chi connectivity index (χ2v) is 4.52. The van der Waals surface area contributed by atoms with Gasteiger partial charge in [0.1, 0.15) is 0 Å². The summed E-state index contributed by atoms with van der Waals surface area (Å²) < 4.78 is 0. The van der Waals surface area contributed by atoms with Gasteiger partial charge < -0.3 is 0 Å². The van der Waals surface area contributed by atoms with Crippen LogP contribution in [0.4, 0.5) is 0 Å². The van der Waals surface area contributed by atoms with Crippen LogP contribution in [-0.2, 0) is 0 Å². The SMILES string of the molecule is C1CC2CCCC(C1)CCC2. The van der Waals surface area contributed by atoms with Crippen molar-refractivity contribution in [2.75, 3.05) is 0 Å². The predicted octanol–water partition coefficient (Wildman–Crippen LogP) is 3.76. The third kappa shape index (κ3) is 1.98. The van der Waals surface area contributed by atoms with Gasteiger partial charge in [0.2, 0.25) is 0 Å². The monoisotopic (exact) mass is 152 g/mol. The molecule has 0 heterocycles. The quantitative estimate of drug-likeness (QED) is 0.496. The molecule has 0 unspecified atom stereocenters. The van der Waals surface area contributed by atoms with Gasteiger partial charge in [-0.15, -0.1) is 0 Å². The molecule has 0 heteroatoms. The van der Waals surface area contributed by atoms with Crippen molar-refractivity contribution in [3.05, 3.63) is 0 Å². The van der Waals surface area contributed by atoms with E-state index in [1.54, 1.807) is 38.5 Å². The van der Waals surface area contributed by atoms with Gasteiger partial charge in [-0.3, -0.25) is 0 Å². The lowest BCUT2D eigenvalue weighted by Crippen LogP contribution is -2.14. The molecule has 0 N–H and O–H groups in total. The number of hydrogen-bond acceptors (Lipinski definition) is 0. The highest BCUT2D eigenvalue weighted by molar-refractivity contribution is 4.73. The van der Waals surface area contributed by atoms with E-state index in [9.17, 15) is 0 Å². The highest BCUT2D eigenvalue weighted by Crippen LogP contribution is 2.35. The van der Waals surface area contributed by atoms with Crippen molar-refractivity contribution in [3.63, 3.8) is 0 Å². The van der Waals surface area contributed by atoms with E-state index in [2.05, 4.69) is 0 Å². The summed E-state index contributed by atoms with van der Waals surface area (Å²) in [4.78, 5) is 0. The first-order valence-electron chi connectivity index (χ1n) is 5.45. The zero-order valence-corrected chi connectivity index (χ0v) is 7.52. The Morgan fingerprint density at radius 1 is 0.455 bits per heavy atom. The van der Waals surface area contributed by atoms with Crippen LogP contribution in [0.5, 0.6) is 0 Å². The fourth-order valence-electron chi connectivity index (χ4n) is 2.95. The van der Waals surface area contributed by atoms with Gasteiger partial charge in [0.05, 0.1) is 0 Å². The highest BCUT2D eigenvalue weighted by Gasteiger charge is 2.20. The van der Waals surface area contributed by atoms with Crippen LogP contribution in [0.2, 0.25) is 0 Å². The van der Waals surface area contributed by atoms with E-state index in [0.29, 0.717) is 0 Å². The normalized spacial score (nSPS) is 39.3. The molecule has 3 aliphatic carbocycles. The molecule has 3 fully saturated rings. The number of fused-ring (bicyclic) bond motifs is 6. The van der Waals surface area contributed by atoms with E-state index >= 15 is 0 Å². The summed E-state index contributed by atoms with van der Waals surface area (Å²) in [5, 5.41) is 0. The highest BCUT2D eigenvalue weighted by atomic mass is 14.3. The van der Waals surface area contributed by atoms with E-state index in [1.807, 2.05) is 0 Å². The topological polar surface area (TPSA) is 0 Å². The van der Waals surface area contributed by atoms with Crippen molar-refractivity contribution in [3.8, 4) is 0 Å². The minimum absolute atomic E-state index is 1.12. The summed E-state index contributed by atoms with van der Waals surface area (Å²) in [6.45, 7) is 0. The molecule has 0 aromatic rings. The molecule has 11 heavy (non-hydrogen) atoms. The van der Waals surface area contributed by atoms with Crippen LogP contribution in [-0.4, -0.2) is 0 Å². The van der Waals surface area contributed by atoms with Gasteiger partial charge in [0, 0.05) is 0 Å². The maximum atomic E-state index is 1.55. The molecule has 0 nitrogen and oxygen atoms in total. The maximum Gasteiger partial charge on any atom is -0.0414 e. The van der Waals surface area contributed by atoms with Crippen molar-refractivity contribution in [1.82, 2.24) is 0 Å². The van der Waals surface area contributed by atoms with Gasteiger partial charge in [0.25, 0.3) is 0 Å². The smallest absolute Gasteiger partial charge is 0.0414 e. The fourth-order valence-corrected chi connectivity index (χ4v) is 2.95. The van der Waals surface area contributed by atoms with Crippen molar-refractivity contribution >= 4 is 0 Å². The Balaban J connectivity index is 1.96. The second kappa shape index (κ2) is 3.60. The van der Waals surface area contributed by atoms with Crippen LogP contribution < -0.4 is 0 Å². The van der Waals surface area contributed by atoms with Gasteiger partial charge in [-0.05, 0) is 11.8 Å². The van der Waals surface area contributed by atoms with Gasteiger partial charge in [0.15, 0.2) is 0 Å². The number of hydrogen-bond donors (Lipinski definition) is 0. The molecule has 3 rings (SSSR count). The van der Waals surface area contributed by atoms with Gasteiger partial charge in [-0.2, -0.15) is 0 Å². The lowest BCUT2D eigenvalue weighted by atomic mass is 9.78. The van der Waals surface area contributed by atoms with Gasteiger partial charge in [-0.25, -0.2) is 0 Å². The van der Waals surface area contributed by atoms with Gasteiger partial charge >= 0.3 is 0 Å². The molecular weight excluding hydrogens is 132 g/mol. The molecule has 0 atom stereocenters. The Morgan fingerprint density at radius 2 is 0.727 bits per heavy atom. The fraction of sp³-hybridized carbons (Fsp3) is 1.00. The van der Waals surface area contributed by atoms with Crippen LogP contribution in [0.15, 0.2) is 0 Å². The first kappa shape index (κ1) is 7.64. The molecule has 3 saturated carbocycles. The molecule has 3 aliphatic rings. The Labute approximate surface area is 70.4 Å². The van der Waals surface area contributed by atoms with E-state index in [0.717, 1.165) is 11.8 Å². The molecule has 0 spiro atoms. The lowest BCUT2D eigenvalue weighted by molar-refractivity contribution is 0.247. The lowest BCUT2D eigenvalue weighted by Gasteiger charge is -2.28. The molecule has 0 aliphatic heterocycles.